The summed E-state index contributed by atoms with van der Waals surface area (Å²) in [5, 5.41) is 0. The molecule has 1 amide bonds. The highest BCUT2D eigenvalue weighted by atomic mass is 16.7. The summed E-state index contributed by atoms with van der Waals surface area (Å²) in [4.78, 5) is 13.8. The number of fused-ring (bicyclic) bond motifs is 1. The second-order valence-electron chi connectivity index (χ2n) is 6.17. The topological polar surface area (TPSA) is 64.8 Å². The summed E-state index contributed by atoms with van der Waals surface area (Å²) in [6, 6.07) is 5.86. The van der Waals surface area contributed by atoms with Gasteiger partial charge >= 0.3 is 0 Å². The number of benzene rings is 1. The van der Waals surface area contributed by atoms with Crippen molar-refractivity contribution in [1.82, 2.24) is 4.90 Å². The smallest absolute Gasteiger partial charge is 0.255 e. The van der Waals surface area contributed by atoms with E-state index in [9.17, 15) is 4.79 Å². The number of amides is 1. The molecule has 5 nitrogen and oxygen atoms in total. The van der Waals surface area contributed by atoms with Crippen molar-refractivity contribution >= 4 is 11.5 Å². The normalized spacial score (nSPS) is 26.5. The van der Waals surface area contributed by atoms with E-state index in [4.69, 9.17) is 15.2 Å². The minimum atomic E-state index is -0.420. The highest BCUT2D eigenvalue weighted by Crippen LogP contribution is 2.42. The molecule has 5 heteroatoms. The molecular formula is C17H20N2O3. The lowest BCUT2D eigenvalue weighted by atomic mass is 9.86. The average molecular weight is 300 g/mol. The Morgan fingerprint density at radius 3 is 2.68 bits per heavy atom. The van der Waals surface area contributed by atoms with Crippen LogP contribution < -0.4 is 5.73 Å². The van der Waals surface area contributed by atoms with Gasteiger partial charge in [-0.15, -0.1) is 0 Å². The number of carbonyl (C=O) groups excluding carboxylic acids is 1. The molecular weight excluding hydrogens is 280 g/mol. The molecule has 3 aliphatic rings. The monoisotopic (exact) mass is 300 g/mol. The van der Waals surface area contributed by atoms with Gasteiger partial charge in [0.05, 0.1) is 13.2 Å². The average Bonchev–Trinajstić information content (AvgIpc) is 3.08. The number of hydrogen-bond donors (Lipinski definition) is 1. The molecule has 1 aliphatic carbocycles. The second kappa shape index (κ2) is 4.91. The van der Waals surface area contributed by atoms with Crippen molar-refractivity contribution in [3.8, 4) is 0 Å². The standard InChI is InChI=1S/C17H20N2O3/c1-19-15(18)14-12(3-2-4-13(14)16(19)20)11-5-7-17(8-6-11)21-9-10-22-17/h2-5,15H,6-10,18H2,1H3. The Balaban J connectivity index is 1.71. The Morgan fingerprint density at radius 1 is 1.27 bits per heavy atom. The summed E-state index contributed by atoms with van der Waals surface area (Å²) >= 11 is 0. The van der Waals surface area contributed by atoms with E-state index in [0.717, 1.165) is 36.0 Å². The zero-order valence-corrected chi connectivity index (χ0v) is 12.7. The highest BCUT2D eigenvalue weighted by molar-refractivity contribution is 6.00. The third-order valence-corrected chi connectivity index (χ3v) is 4.96. The SMILES string of the molecule is CN1C(=O)c2cccc(C3=CCC4(CC3)OCCO4)c2C1N. The van der Waals surface area contributed by atoms with Crippen LogP contribution >= 0.6 is 0 Å². The van der Waals surface area contributed by atoms with Gasteiger partial charge in [-0.05, 0) is 23.6 Å². The van der Waals surface area contributed by atoms with Crippen LogP contribution in [0.3, 0.4) is 0 Å². The summed E-state index contributed by atoms with van der Waals surface area (Å²) in [7, 11) is 1.75. The van der Waals surface area contributed by atoms with Crippen molar-refractivity contribution in [2.75, 3.05) is 20.3 Å². The van der Waals surface area contributed by atoms with E-state index in [0.29, 0.717) is 13.2 Å². The van der Waals surface area contributed by atoms with Crippen molar-refractivity contribution in [3.63, 3.8) is 0 Å². The van der Waals surface area contributed by atoms with E-state index in [-0.39, 0.29) is 12.1 Å². The van der Waals surface area contributed by atoms with Crippen LogP contribution in [0.1, 0.15) is 46.9 Å². The Hall–Kier alpha value is -1.69. The van der Waals surface area contributed by atoms with E-state index < -0.39 is 5.79 Å². The van der Waals surface area contributed by atoms with Crippen LogP contribution in [-0.2, 0) is 9.47 Å². The number of nitrogens with two attached hydrogens (primary N) is 1. The maximum Gasteiger partial charge on any atom is 0.255 e. The molecule has 4 rings (SSSR count). The first-order chi connectivity index (χ1) is 10.6. The minimum Gasteiger partial charge on any atom is -0.347 e. The van der Waals surface area contributed by atoms with E-state index in [2.05, 4.69) is 12.1 Å². The molecule has 1 spiro atoms. The number of nitrogens with zero attached hydrogens (tertiary/aromatic N) is 1. The number of hydrogen-bond acceptors (Lipinski definition) is 4. The van der Waals surface area contributed by atoms with Gasteiger partial charge in [-0.1, -0.05) is 18.2 Å². The van der Waals surface area contributed by atoms with E-state index in [1.54, 1.807) is 11.9 Å². The molecule has 0 bridgehead atoms. The first-order valence-corrected chi connectivity index (χ1v) is 7.74. The van der Waals surface area contributed by atoms with E-state index >= 15 is 0 Å². The van der Waals surface area contributed by atoms with Gasteiger partial charge in [0.15, 0.2) is 5.79 Å². The van der Waals surface area contributed by atoms with Crippen LogP contribution in [0.5, 0.6) is 0 Å². The van der Waals surface area contributed by atoms with E-state index in [1.165, 1.54) is 5.57 Å². The molecule has 0 radical (unpaired) electrons. The van der Waals surface area contributed by atoms with Gasteiger partial charge in [0.25, 0.3) is 5.91 Å². The maximum atomic E-state index is 12.2. The zero-order valence-electron chi connectivity index (χ0n) is 12.7. The number of rotatable bonds is 1. The Kier molecular flexibility index (Phi) is 3.11. The second-order valence-corrected chi connectivity index (χ2v) is 6.17. The zero-order chi connectivity index (χ0) is 15.3. The Bertz CT molecular complexity index is 662. The lowest BCUT2D eigenvalue weighted by Gasteiger charge is -2.31. The number of ether oxygens (including phenoxy) is 2. The summed E-state index contributed by atoms with van der Waals surface area (Å²) in [5.41, 5.74) is 10.2. The number of carbonyl (C=O) groups is 1. The molecule has 1 aromatic rings. The predicted molar refractivity (Wildman–Crippen MR) is 81.9 cm³/mol. The fraction of sp³-hybridized carbons (Fsp3) is 0.471. The van der Waals surface area contributed by atoms with Crippen LogP contribution in [0.2, 0.25) is 0 Å². The Morgan fingerprint density at radius 2 is 2.00 bits per heavy atom. The van der Waals surface area contributed by atoms with Crippen LogP contribution in [0.25, 0.3) is 5.57 Å². The summed E-state index contributed by atoms with van der Waals surface area (Å²) in [6.45, 7) is 1.35. The quantitative estimate of drug-likeness (QED) is 0.862. The predicted octanol–water partition coefficient (Wildman–Crippen LogP) is 2.04. The molecule has 22 heavy (non-hydrogen) atoms. The largest absolute Gasteiger partial charge is 0.347 e. The third-order valence-electron chi connectivity index (χ3n) is 4.96. The first-order valence-electron chi connectivity index (χ1n) is 7.74. The van der Waals surface area contributed by atoms with Crippen LogP contribution in [0.15, 0.2) is 24.3 Å². The highest BCUT2D eigenvalue weighted by Gasteiger charge is 2.39. The van der Waals surface area contributed by atoms with Gasteiger partial charge < -0.3 is 20.1 Å². The molecule has 1 aromatic carbocycles. The molecule has 1 saturated heterocycles. The molecule has 1 unspecified atom stereocenters. The van der Waals surface area contributed by atoms with Crippen molar-refractivity contribution in [1.29, 1.82) is 0 Å². The van der Waals surface area contributed by atoms with Gasteiger partial charge in [0.2, 0.25) is 0 Å². The molecule has 0 saturated carbocycles. The minimum absolute atomic E-state index is 0.000288. The summed E-state index contributed by atoms with van der Waals surface area (Å²) in [6.07, 6.45) is 4.29. The molecule has 116 valence electrons. The molecule has 2 aliphatic heterocycles. The van der Waals surface area contributed by atoms with Gasteiger partial charge in [0, 0.05) is 31.0 Å². The first kappa shape index (κ1) is 13.9. The summed E-state index contributed by atoms with van der Waals surface area (Å²) < 4.78 is 11.5. The van der Waals surface area contributed by atoms with Crippen molar-refractivity contribution < 1.29 is 14.3 Å². The maximum absolute atomic E-state index is 12.2. The Labute approximate surface area is 129 Å². The molecule has 1 atom stereocenters. The van der Waals surface area contributed by atoms with Crippen molar-refractivity contribution in [3.05, 3.63) is 41.0 Å². The van der Waals surface area contributed by atoms with Crippen LogP contribution in [0.4, 0.5) is 0 Å². The van der Waals surface area contributed by atoms with Crippen LogP contribution in [-0.4, -0.2) is 36.9 Å². The lowest BCUT2D eigenvalue weighted by Crippen LogP contribution is -2.31. The molecule has 2 N–H and O–H groups in total. The van der Waals surface area contributed by atoms with Crippen LogP contribution in [0, 0.1) is 0 Å². The fourth-order valence-electron chi connectivity index (χ4n) is 3.67. The van der Waals surface area contributed by atoms with E-state index in [1.807, 2.05) is 12.1 Å². The number of allylic oxidation sites excluding steroid dienone is 1. The molecule has 1 fully saturated rings. The fourth-order valence-corrected chi connectivity index (χ4v) is 3.67. The third kappa shape index (κ3) is 1.93. The lowest BCUT2D eigenvalue weighted by molar-refractivity contribution is -0.159. The molecule has 2 heterocycles. The van der Waals surface area contributed by atoms with Gasteiger partial charge in [-0.3, -0.25) is 4.79 Å². The summed E-state index contributed by atoms with van der Waals surface area (Å²) in [5.74, 6) is -0.421. The van der Waals surface area contributed by atoms with Crippen molar-refractivity contribution in [2.24, 2.45) is 5.73 Å². The van der Waals surface area contributed by atoms with Gasteiger partial charge in [-0.2, -0.15) is 0 Å². The van der Waals surface area contributed by atoms with Gasteiger partial charge in [-0.25, -0.2) is 0 Å². The van der Waals surface area contributed by atoms with Gasteiger partial charge in [0.1, 0.15) is 6.17 Å². The molecule has 0 aromatic heterocycles. The van der Waals surface area contributed by atoms with Crippen molar-refractivity contribution in [2.45, 2.75) is 31.2 Å².